The summed E-state index contributed by atoms with van der Waals surface area (Å²) in [4.78, 5) is 2.20. The van der Waals surface area contributed by atoms with Crippen LogP contribution in [0.4, 0.5) is 4.39 Å². The number of thiophene rings is 1. The second-order valence-electron chi connectivity index (χ2n) is 3.85. The normalized spacial score (nSPS) is 12.7. The van der Waals surface area contributed by atoms with E-state index in [4.69, 9.17) is 17.3 Å². The van der Waals surface area contributed by atoms with E-state index in [0.29, 0.717) is 0 Å². The molecular formula is C13H13ClFNS. The van der Waals surface area contributed by atoms with Crippen LogP contribution in [0.25, 0.3) is 10.4 Å². The van der Waals surface area contributed by atoms with Crippen molar-refractivity contribution in [1.29, 1.82) is 0 Å². The van der Waals surface area contributed by atoms with Crippen LogP contribution in [0.1, 0.15) is 24.3 Å². The van der Waals surface area contributed by atoms with Crippen molar-refractivity contribution in [3.63, 3.8) is 0 Å². The molecule has 2 aromatic rings. The smallest absolute Gasteiger partial charge is 0.141 e. The zero-order valence-corrected chi connectivity index (χ0v) is 11.0. The van der Waals surface area contributed by atoms with Crippen LogP contribution in [-0.4, -0.2) is 0 Å². The molecule has 1 aromatic heterocycles. The third-order valence-electron chi connectivity index (χ3n) is 2.64. The number of hydrogen-bond acceptors (Lipinski definition) is 2. The lowest BCUT2D eigenvalue weighted by atomic mass is 10.1. The summed E-state index contributed by atoms with van der Waals surface area (Å²) >= 11 is 7.39. The standard InChI is InChI=1S/C13H13ClFNS/c1-2-11(16)13-6-5-12(17-13)8-3-4-10(15)9(14)7-8/h3-7,11H,2,16H2,1H3. The number of benzene rings is 1. The van der Waals surface area contributed by atoms with E-state index in [1.807, 2.05) is 12.1 Å². The quantitative estimate of drug-likeness (QED) is 0.865. The van der Waals surface area contributed by atoms with E-state index in [9.17, 15) is 4.39 Å². The van der Waals surface area contributed by atoms with E-state index in [0.717, 1.165) is 21.7 Å². The van der Waals surface area contributed by atoms with Crippen LogP contribution in [0.2, 0.25) is 5.02 Å². The molecule has 1 nitrogen and oxygen atoms in total. The molecule has 1 atom stereocenters. The first-order valence-electron chi connectivity index (χ1n) is 5.42. The van der Waals surface area contributed by atoms with Gasteiger partial charge in [0.2, 0.25) is 0 Å². The third kappa shape index (κ3) is 2.68. The Morgan fingerprint density at radius 1 is 1.35 bits per heavy atom. The van der Waals surface area contributed by atoms with Crippen LogP contribution in [0, 0.1) is 5.82 Å². The average Bonchev–Trinajstić information content (AvgIpc) is 2.81. The lowest BCUT2D eigenvalue weighted by Gasteiger charge is -2.04. The summed E-state index contributed by atoms with van der Waals surface area (Å²) in [6.45, 7) is 2.05. The number of nitrogens with two attached hydrogens (primary N) is 1. The van der Waals surface area contributed by atoms with Gasteiger partial charge in [0.25, 0.3) is 0 Å². The molecule has 0 aliphatic carbocycles. The Hall–Kier alpha value is -0.900. The SMILES string of the molecule is CCC(N)c1ccc(-c2ccc(F)c(Cl)c2)s1. The molecule has 0 bridgehead atoms. The topological polar surface area (TPSA) is 26.0 Å². The summed E-state index contributed by atoms with van der Waals surface area (Å²) in [5.41, 5.74) is 6.89. The summed E-state index contributed by atoms with van der Waals surface area (Å²) in [6.07, 6.45) is 0.907. The highest BCUT2D eigenvalue weighted by molar-refractivity contribution is 7.15. The van der Waals surface area contributed by atoms with Crippen LogP contribution in [0.3, 0.4) is 0 Å². The van der Waals surface area contributed by atoms with Crippen LogP contribution in [0.5, 0.6) is 0 Å². The van der Waals surface area contributed by atoms with Crippen molar-refractivity contribution in [2.45, 2.75) is 19.4 Å². The first-order chi connectivity index (χ1) is 8.11. The zero-order chi connectivity index (χ0) is 12.4. The summed E-state index contributed by atoms with van der Waals surface area (Å²) < 4.78 is 13.1. The van der Waals surface area contributed by atoms with Crippen LogP contribution < -0.4 is 5.73 Å². The van der Waals surface area contributed by atoms with E-state index >= 15 is 0 Å². The number of rotatable bonds is 3. The summed E-state index contributed by atoms with van der Waals surface area (Å²) in [6, 6.07) is 8.85. The first-order valence-corrected chi connectivity index (χ1v) is 6.62. The predicted octanol–water partition coefficient (Wildman–Crippen LogP) is 4.62. The van der Waals surface area contributed by atoms with Gasteiger partial charge in [-0.3, -0.25) is 0 Å². The fraction of sp³-hybridized carbons (Fsp3) is 0.231. The van der Waals surface area contributed by atoms with Gasteiger partial charge in [0.15, 0.2) is 0 Å². The predicted molar refractivity (Wildman–Crippen MR) is 71.9 cm³/mol. The van der Waals surface area contributed by atoms with Gasteiger partial charge >= 0.3 is 0 Å². The van der Waals surface area contributed by atoms with Gasteiger partial charge in [-0.05, 0) is 36.2 Å². The minimum absolute atomic E-state index is 0.0738. The Balaban J connectivity index is 2.33. The van der Waals surface area contributed by atoms with Gasteiger partial charge in [0.1, 0.15) is 5.82 Å². The molecule has 2 rings (SSSR count). The zero-order valence-electron chi connectivity index (χ0n) is 9.41. The minimum atomic E-state index is -0.391. The Bertz CT molecular complexity index is 524. The van der Waals surface area contributed by atoms with Crippen LogP contribution in [0.15, 0.2) is 30.3 Å². The molecule has 0 aliphatic rings. The first kappa shape index (κ1) is 12.6. The maximum absolute atomic E-state index is 13.1. The van der Waals surface area contributed by atoms with Gasteiger partial charge in [0, 0.05) is 15.8 Å². The monoisotopic (exact) mass is 269 g/mol. The largest absolute Gasteiger partial charge is 0.323 e. The Kier molecular flexibility index (Phi) is 3.82. The molecule has 17 heavy (non-hydrogen) atoms. The fourth-order valence-electron chi connectivity index (χ4n) is 1.56. The number of hydrogen-bond donors (Lipinski definition) is 1. The molecule has 0 amide bonds. The maximum Gasteiger partial charge on any atom is 0.141 e. The lowest BCUT2D eigenvalue weighted by Crippen LogP contribution is -2.05. The highest BCUT2D eigenvalue weighted by Crippen LogP contribution is 2.33. The van der Waals surface area contributed by atoms with Crippen molar-refractivity contribution in [1.82, 2.24) is 0 Å². The average molecular weight is 270 g/mol. The summed E-state index contributed by atoms with van der Waals surface area (Å²) in [5, 5.41) is 0.150. The van der Waals surface area contributed by atoms with Crippen molar-refractivity contribution in [3.8, 4) is 10.4 Å². The van der Waals surface area contributed by atoms with Crippen molar-refractivity contribution in [3.05, 3.63) is 46.0 Å². The van der Waals surface area contributed by atoms with E-state index in [1.54, 1.807) is 23.5 Å². The molecule has 0 spiro atoms. The van der Waals surface area contributed by atoms with Crippen molar-refractivity contribution in [2.75, 3.05) is 0 Å². The highest BCUT2D eigenvalue weighted by Gasteiger charge is 2.09. The molecule has 0 saturated carbocycles. The molecule has 1 heterocycles. The molecule has 1 unspecified atom stereocenters. The van der Waals surface area contributed by atoms with E-state index in [1.165, 1.54) is 6.07 Å². The molecule has 0 saturated heterocycles. The van der Waals surface area contributed by atoms with Crippen LogP contribution >= 0.6 is 22.9 Å². The van der Waals surface area contributed by atoms with E-state index in [2.05, 4.69) is 6.92 Å². The van der Waals surface area contributed by atoms with Gasteiger partial charge in [-0.25, -0.2) is 4.39 Å². The molecular weight excluding hydrogens is 257 g/mol. The Morgan fingerprint density at radius 3 is 2.76 bits per heavy atom. The molecule has 0 radical (unpaired) electrons. The summed E-state index contributed by atoms with van der Waals surface area (Å²) in [7, 11) is 0. The molecule has 0 aliphatic heterocycles. The van der Waals surface area contributed by atoms with Crippen LogP contribution in [-0.2, 0) is 0 Å². The minimum Gasteiger partial charge on any atom is -0.323 e. The third-order valence-corrected chi connectivity index (χ3v) is 4.19. The van der Waals surface area contributed by atoms with E-state index in [-0.39, 0.29) is 11.1 Å². The maximum atomic E-state index is 13.1. The Morgan fingerprint density at radius 2 is 2.12 bits per heavy atom. The Labute approximate surface area is 109 Å². The van der Waals surface area contributed by atoms with Crippen molar-refractivity contribution < 1.29 is 4.39 Å². The second-order valence-corrected chi connectivity index (χ2v) is 5.37. The van der Waals surface area contributed by atoms with Gasteiger partial charge < -0.3 is 5.73 Å². The van der Waals surface area contributed by atoms with Crippen molar-refractivity contribution >= 4 is 22.9 Å². The fourth-order valence-corrected chi connectivity index (χ4v) is 2.83. The van der Waals surface area contributed by atoms with Gasteiger partial charge in [0.05, 0.1) is 5.02 Å². The lowest BCUT2D eigenvalue weighted by molar-refractivity contribution is 0.628. The molecule has 1 aromatic carbocycles. The highest BCUT2D eigenvalue weighted by atomic mass is 35.5. The molecule has 4 heteroatoms. The van der Waals surface area contributed by atoms with Gasteiger partial charge in [-0.2, -0.15) is 0 Å². The summed E-state index contributed by atoms with van der Waals surface area (Å²) in [5.74, 6) is -0.391. The molecule has 90 valence electrons. The van der Waals surface area contributed by atoms with Gasteiger partial charge in [-0.15, -0.1) is 11.3 Å². The second kappa shape index (κ2) is 5.17. The molecule has 0 fully saturated rings. The van der Waals surface area contributed by atoms with Crippen molar-refractivity contribution in [2.24, 2.45) is 5.73 Å². The van der Waals surface area contributed by atoms with Gasteiger partial charge in [-0.1, -0.05) is 24.6 Å². The number of halogens is 2. The van der Waals surface area contributed by atoms with E-state index < -0.39 is 5.82 Å². The molecule has 2 N–H and O–H groups in total.